The molecule has 2 aliphatic heterocycles. The summed E-state index contributed by atoms with van der Waals surface area (Å²) in [6.07, 6.45) is 4.40. The SMILES string of the molecule is CCN1CCCC(CCC(=O)N2CCN(Cc3ccccc3)CC2)C1. The van der Waals surface area contributed by atoms with E-state index in [9.17, 15) is 4.79 Å². The molecule has 0 radical (unpaired) electrons. The molecule has 1 unspecified atom stereocenters. The van der Waals surface area contributed by atoms with Crippen LogP contribution in [0.5, 0.6) is 0 Å². The van der Waals surface area contributed by atoms with Crippen molar-refractivity contribution in [2.45, 2.75) is 39.2 Å². The summed E-state index contributed by atoms with van der Waals surface area (Å²) >= 11 is 0. The van der Waals surface area contributed by atoms with Crippen LogP contribution < -0.4 is 0 Å². The highest BCUT2D eigenvalue weighted by molar-refractivity contribution is 5.76. The zero-order chi connectivity index (χ0) is 17.5. The summed E-state index contributed by atoms with van der Waals surface area (Å²) in [5.41, 5.74) is 1.36. The number of likely N-dealkylation sites (tertiary alicyclic amines) is 1. The number of hydrogen-bond acceptors (Lipinski definition) is 3. The molecule has 2 heterocycles. The number of benzene rings is 1. The first-order chi connectivity index (χ1) is 12.2. The first-order valence-electron chi connectivity index (χ1n) is 10.0. The molecule has 2 aliphatic rings. The Hall–Kier alpha value is -1.39. The second-order valence-corrected chi connectivity index (χ2v) is 7.58. The third kappa shape index (κ3) is 5.55. The van der Waals surface area contributed by atoms with Crippen LogP contribution in [-0.4, -0.2) is 66.4 Å². The van der Waals surface area contributed by atoms with E-state index in [1.54, 1.807) is 0 Å². The van der Waals surface area contributed by atoms with Gasteiger partial charge in [0.15, 0.2) is 0 Å². The summed E-state index contributed by atoms with van der Waals surface area (Å²) in [7, 11) is 0. The number of carbonyl (C=O) groups is 1. The number of amides is 1. The molecule has 0 saturated carbocycles. The van der Waals surface area contributed by atoms with Crippen LogP contribution in [0, 0.1) is 5.92 Å². The lowest BCUT2D eigenvalue weighted by molar-refractivity contribution is -0.133. The Morgan fingerprint density at radius 2 is 1.80 bits per heavy atom. The predicted molar refractivity (Wildman–Crippen MR) is 102 cm³/mol. The molecule has 3 rings (SSSR count). The molecule has 4 nitrogen and oxygen atoms in total. The van der Waals surface area contributed by atoms with Crippen molar-refractivity contribution >= 4 is 5.91 Å². The minimum Gasteiger partial charge on any atom is -0.340 e. The highest BCUT2D eigenvalue weighted by Crippen LogP contribution is 2.21. The first kappa shape index (κ1) is 18.4. The second-order valence-electron chi connectivity index (χ2n) is 7.58. The first-order valence-corrected chi connectivity index (χ1v) is 10.0. The fraction of sp³-hybridized carbons (Fsp3) is 0.667. The van der Waals surface area contributed by atoms with E-state index in [0.29, 0.717) is 5.91 Å². The van der Waals surface area contributed by atoms with Gasteiger partial charge in [-0.05, 0) is 43.8 Å². The summed E-state index contributed by atoms with van der Waals surface area (Å²) in [5, 5.41) is 0. The van der Waals surface area contributed by atoms with Gasteiger partial charge in [-0.25, -0.2) is 0 Å². The van der Waals surface area contributed by atoms with Gasteiger partial charge in [0.25, 0.3) is 0 Å². The third-order valence-electron chi connectivity index (χ3n) is 5.79. The van der Waals surface area contributed by atoms with Crippen molar-refractivity contribution in [3.8, 4) is 0 Å². The quantitative estimate of drug-likeness (QED) is 0.795. The highest BCUT2D eigenvalue weighted by Gasteiger charge is 2.23. The van der Waals surface area contributed by atoms with E-state index in [4.69, 9.17) is 0 Å². The van der Waals surface area contributed by atoms with E-state index in [-0.39, 0.29) is 0 Å². The monoisotopic (exact) mass is 343 g/mol. The molecule has 0 aliphatic carbocycles. The van der Waals surface area contributed by atoms with E-state index < -0.39 is 0 Å². The average molecular weight is 344 g/mol. The maximum Gasteiger partial charge on any atom is 0.222 e. The molecule has 0 aromatic heterocycles. The van der Waals surface area contributed by atoms with E-state index in [0.717, 1.165) is 58.0 Å². The maximum atomic E-state index is 12.6. The standard InChI is InChI=1S/C21H33N3O/c1-2-22-12-6-9-20(17-22)10-11-21(25)24-15-13-23(14-16-24)18-19-7-4-3-5-8-19/h3-5,7-8,20H,2,6,9-18H2,1H3. The van der Waals surface area contributed by atoms with Crippen molar-refractivity contribution in [1.29, 1.82) is 0 Å². The summed E-state index contributed by atoms with van der Waals surface area (Å²) in [5.74, 6) is 1.09. The van der Waals surface area contributed by atoms with Gasteiger partial charge < -0.3 is 9.80 Å². The zero-order valence-corrected chi connectivity index (χ0v) is 15.7. The van der Waals surface area contributed by atoms with Crippen molar-refractivity contribution in [3.05, 3.63) is 35.9 Å². The van der Waals surface area contributed by atoms with Gasteiger partial charge in [-0.3, -0.25) is 9.69 Å². The van der Waals surface area contributed by atoms with Crippen LogP contribution in [0.25, 0.3) is 0 Å². The smallest absolute Gasteiger partial charge is 0.222 e. The van der Waals surface area contributed by atoms with Gasteiger partial charge in [-0.15, -0.1) is 0 Å². The summed E-state index contributed by atoms with van der Waals surface area (Å²) < 4.78 is 0. The Morgan fingerprint density at radius 1 is 1.04 bits per heavy atom. The number of nitrogens with zero attached hydrogens (tertiary/aromatic N) is 3. The van der Waals surface area contributed by atoms with E-state index >= 15 is 0 Å². The van der Waals surface area contributed by atoms with Crippen LogP contribution in [0.3, 0.4) is 0 Å². The molecule has 25 heavy (non-hydrogen) atoms. The molecule has 0 spiro atoms. The number of carbonyl (C=O) groups excluding carboxylic acids is 1. The normalized spacial score (nSPS) is 22.9. The van der Waals surface area contributed by atoms with Gasteiger partial charge in [-0.1, -0.05) is 37.3 Å². The average Bonchev–Trinajstić information content (AvgIpc) is 2.67. The largest absolute Gasteiger partial charge is 0.340 e. The number of piperazine rings is 1. The lowest BCUT2D eigenvalue weighted by Gasteiger charge is -2.35. The minimum absolute atomic E-state index is 0.369. The van der Waals surface area contributed by atoms with Crippen molar-refractivity contribution in [2.75, 3.05) is 45.8 Å². The third-order valence-corrected chi connectivity index (χ3v) is 5.79. The van der Waals surface area contributed by atoms with E-state index in [2.05, 4.69) is 52.0 Å². The molecular weight excluding hydrogens is 310 g/mol. The number of piperidine rings is 1. The number of rotatable bonds is 6. The lowest BCUT2D eigenvalue weighted by Crippen LogP contribution is -2.48. The van der Waals surface area contributed by atoms with Crippen LogP contribution in [0.1, 0.15) is 38.2 Å². The van der Waals surface area contributed by atoms with Crippen molar-refractivity contribution in [2.24, 2.45) is 5.92 Å². The molecule has 138 valence electrons. The van der Waals surface area contributed by atoms with Gasteiger partial charge >= 0.3 is 0 Å². The van der Waals surface area contributed by atoms with Crippen LogP contribution in [0.15, 0.2) is 30.3 Å². The molecule has 2 fully saturated rings. The van der Waals surface area contributed by atoms with Gasteiger partial charge in [0.05, 0.1) is 0 Å². The van der Waals surface area contributed by atoms with Crippen LogP contribution in [0.4, 0.5) is 0 Å². The second kappa shape index (κ2) is 9.35. The van der Waals surface area contributed by atoms with Gasteiger partial charge in [0.1, 0.15) is 0 Å². The maximum absolute atomic E-state index is 12.6. The fourth-order valence-electron chi connectivity index (χ4n) is 4.16. The Bertz CT molecular complexity index is 525. The molecule has 4 heteroatoms. The highest BCUT2D eigenvalue weighted by atomic mass is 16.2. The van der Waals surface area contributed by atoms with E-state index in [1.807, 2.05) is 0 Å². The zero-order valence-electron chi connectivity index (χ0n) is 15.7. The Balaban J connectivity index is 1.37. The molecular formula is C21H33N3O. The molecule has 0 bridgehead atoms. The number of hydrogen-bond donors (Lipinski definition) is 0. The molecule has 1 atom stereocenters. The summed E-state index contributed by atoms with van der Waals surface area (Å²) in [4.78, 5) is 19.6. The Morgan fingerprint density at radius 3 is 2.52 bits per heavy atom. The molecule has 2 saturated heterocycles. The molecule has 1 aromatic carbocycles. The van der Waals surface area contributed by atoms with Gasteiger partial charge in [0.2, 0.25) is 5.91 Å². The topological polar surface area (TPSA) is 26.8 Å². The van der Waals surface area contributed by atoms with Gasteiger partial charge in [-0.2, -0.15) is 0 Å². The van der Waals surface area contributed by atoms with Crippen molar-refractivity contribution < 1.29 is 4.79 Å². The van der Waals surface area contributed by atoms with Crippen LogP contribution >= 0.6 is 0 Å². The predicted octanol–water partition coefficient (Wildman–Crippen LogP) is 2.84. The summed E-state index contributed by atoms with van der Waals surface area (Å²) in [6.45, 7) is 10.6. The fourth-order valence-corrected chi connectivity index (χ4v) is 4.16. The molecule has 1 aromatic rings. The van der Waals surface area contributed by atoms with Crippen LogP contribution in [0.2, 0.25) is 0 Å². The Kier molecular flexibility index (Phi) is 6.88. The minimum atomic E-state index is 0.369. The molecule has 1 amide bonds. The van der Waals surface area contributed by atoms with Crippen molar-refractivity contribution in [3.63, 3.8) is 0 Å². The van der Waals surface area contributed by atoms with Crippen molar-refractivity contribution in [1.82, 2.24) is 14.7 Å². The van der Waals surface area contributed by atoms with Gasteiger partial charge in [0, 0.05) is 45.7 Å². The Labute approximate surface area is 152 Å². The lowest BCUT2D eigenvalue weighted by atomic mass is 9.93. The van der Waals surface area contributed by atoms with E-state index in [1.165, 1.54) is 31.5 Å². The summed E-state index contributed by atoms with van der Waals surface area (Å²) in [6, 6.07) is 10.6. The van der Waals surface area contributed by atoms with Crippen LogP contribution in [-0.2, 0) is 11.3 Å². The molecule has 0 N–H and O–H groups in total.